The van der Waals surface area contributed by atoms with E-state index in [0.29, 0.717) is 6.01 Å². The number of nitrogens with one attached hydrogen (secondary N) is 1. The molecule has 0 bridgehead atoms. The topological polar surface area (TPSA) is 51.0 Å². The maximum atomic E-state index is 4.93. The second kappa shape index (κ2) is 4.74. The van der Waals surface area contributed by atoms with Gasteiger partial charge in [-0.25, -0.2) is 0 Å². The van der Waals surface area contributed by atoms with E-state index in [1.807, 2.05) is 6.92 Å². The van der Waals surface area contributed by atoms with Crippen molar-refractivity contribution in [2.75, 3.05) is 11.9 Å². The molecule has 1 aromatic rings. The molecule has 0 unspecified atom stereocenters. The van der Waals surface area contributed by atoms with Crippen LogP contribution in [0, 0.1) is 0 Å². The highest BCUT2D eigenvalue weighted by Crippen LogP contribution is 2.05. The molecule has 0 saturated heterocycles. The maximum absolute atomic E-state index is 4.93. The quantitative estimate of drug-likeness (QED) is 0.730. The molecule has 0 fully saturated rings. The molecule has 0 amide bonds. The lowest BCUT2D eigenvalue weighted by Crippen LogP contribution is -1.96. The molecule has 0 radical (unpaired) electrons. The zero-order valence-corrected chi connectivity index (χ0v) is 7.63. The Bertz CT molecular complexity index is 222. The van der Waals surface area contributed by atoms with Crippen LogP contribution in [-0.4, -0.2) is 16.7 Å². The van der Waals surface area contributed by atoms with E-state index in [1.165, 1.54) is 0 Å². The molecule has 0 aliphatic heterocycles. The van der Waals surface area contributed by atoms with Gasteiger partial charge in [-0.3, -0.25) is 0 Å². The molecule has 0 saturated carbocycles. The third-order valence-electron chi connectivity index (χ3n) is 1.55. The third kappa shape index (κ3) is 2.53. The summed E-state index contributed by atoms with van der Waals surface area (Å²) in [5.41, 5.74) is 0. The lowest BCUT2D eigenvalue weighted by atomic mass is 10.2. The summed E-state index contributed by atoms with van der Waals surface area (Å²) in [6, 6.07) is 0.531. The summed E-state index contributed by atoms with van der Waals surface area (Å²) in [5.74, 6) is 0.799. The van der Waals surface area contributed by atoms with E-state index in [9.17, 15) is 0 Å². The molecule has 1 rings (SSSR count). The normalized spacial score (nSPS) is 10.2. The average Bonchev–Trinajstić information content (AvgIpc) is 2.50. The van der Waals surface area contributed by atoms with Gasteiger partial charge in [-0.05, 0) is 13.3 Å². The predicted octanol–water partition coefficient (Wildman–Crippen LogP) is 1.84. The van der Waals surface area contributed by atoms with Crippen LogP contribution in [0.1, 0.15) is 32.5 Å². The van der Waals surface area contributed by atoms with Gasteiger partial charge >= 0.3 is 6.01 Å². The van der Waals surface area contributed by atoms with Crippen molar-refractivity contribution in [1.29, 1.82) is 0 Å². The molecule has 0 atom stereocenters. The molecule has 4 nitrogen and oxygen atoms in total. The summed E-state index contributed by atoms with van der Waals surface area (Å²) in [5, 5.41) is 6.79. The molecular formula is C8H15N3O. The highest BCUT2D eigenvalue weighted by atomic mass is 16.5. The minimum Gasteiger partial charge on any atom is -0.338 e. The number of hydrogen-bond acceptors (Lipinski definition) is 4. The molecule has 0 aliphatic carbocycles. The Labute approximate surface area is 72.4 Å². The van der Waals surface area contributed by atoms with Gasteiger partial charge in [0.25, 0.3) is 0 Å². The van der Waals surface area contributed by atoms with Gasteiger partial charge in [0.1, 0.15) is 0 Å². The van der Waals surface area contributed by atoms with Crippen LogP contribution in [-0.2, 0) is 6.42 Å². The molecule has 0 spiro atoms. The monoisotopic (exact) mass is 169 g/mol. The Kier molecular flexibility index (Phi) is 3.57. The molecule has 1 aromatic heterocycles. The highest BCUT2D eigenvalue weighted by Gasteiger charge is 2.02. The fraction of sp³-hybridized carbons (Fsp3) is 0.750. The summed E-state index contributed by atoms with van der Waals surface area (Å²) < 4.78 is 4.93. The van der Waals surface area contributed by atoms with Crippen molar-refractivity contribution in [2.24, 2.45) is 0 Å². The summed E-state index contributed by atoms with van der Waals surface area (Å²) in [6.45, 7) is 4.95. The number of anilines is 1. The lowest BCUT2D eigenvalue weighted by Gasteiger charge is -1.90. The zero-order chi connectivity index (χ0) is 8.81. The Morgan fingerprint density at radius 1 is 1.42 bits per heavy atom. The molecule has 1 heterocycles. The molecular weight excluding hydrogens is 154 g/mol. The van der Waals surface area contributed by atoms with Crippen molar-refractivity contribution in [1.82, 2.24) is 10.1 Å². The smallest absolute Gasteiger partial charge is 0.321 e. The van der Waals surface area contributed by atoms with Crippen LogP contribution in [0.25, 0.3) is 0 Å². The predicted molar refractivity (Wildman–Crippen MR) is 47.1 cm³/mol. The van der Waals surface area contributed by atoms with E-state index in [2.05, 4.69) is 22.4 Å². The molecule has 12 heavy (non-hydrogen) atoms. The van der Waals surface area contributed by atoms with Gasteiger partial charge < -0.3 is 9.84 Å². The number of aromatic nitrogens is 2. The van der Waals surface area contributed by atoms with Crippen LogP contribution in [0.15, 0.2) is 4.52 Å². The number of hydrogen-bond donors (Lipinski definition) is 1. The Hall–Kier alpha value is -1.06. The van der Waals surface area contributed by atoms with Crippen molar-refractivity contribution in [3.05, 3.63) is 5.82 Å². The van der Waals surface area contributed by atoms with E-state index >= 15 is 0 Å². The van der Waals surface area contributed by atoms with Gasteiger partial charge in [0.15, 0.2) is 5.82 Å². The van der Waals surface area contributed by atoms with Gasteiger partial charge in [0, 0.05) is 13.0 Å². The lowest BCUT2D eigenvalue weighted by molar-refractivity contribution is 0.422. The largest absolute Gasteiger partial charge is 0.338 e. The van der Waals surface area contributed by atoms with E-state index in [0.717, 1.165) is 31.6 Å². The Balaban J connectivity index is 2.41. The number of unbranched alkanes of at least 4 members (excludes halogenated alkanes) is 1. The van der Waals surface area contributed by atoms with Crippen LogP contribution < -0.4 is 5.32 Å². The highest BCUT2D eigenvalue weighted by molar-refractivity contribution is 5.17. The summed E-state index contributed by atoms with van der Waals surface area (Å²) in [6.07, 6.45) is 3.18. The second-order valence-corrected chi connectivity index (χ2v) is 2.65. The summed E-state index contributed by atoms with van der Waals surface area (Å²) >= 11 is 0. The van der Waals surface area contributed by atoms with Gasteiger partial charge in [-0.2, -0.15) is 4.98 Å². The molecule has 0 aromatic carbocycles. The van der Waals surface area contributed by atoms with Gasteiger partial charge in [-0.15, -0.1) is 0 Å². The first-order valence-corrected chi connectivity index (χ1v) is 4.43. The number of nitrogens with zero attached hydrogens (tertiary/aromatic N) is 2. The van der Waals surface area contributed by atoms with Gasteiger partial charge in [0.2, 0.25) is 0 Å². The standard InChI is InChI=1S/C8H15N3O/c1-3-5-6-7-10-8(9-4-2)12-11-7/h3-6H2,1-2H3,(H,9,10,11). The van der Waals surface area contributed by atoms with Crippen LogP contribution in [0.4, 0.5) is 6.01 Å². The van der Waals surface area contributed by atoms with Gasteiger partial charge in [-0.1, -0.05) is 18.5 Å². The van der Waals surface area contributed by atoms with Crippen LogP contribution >= 0.6 is 0 Å². The minimum atomic E-state index is 0.531. The fourth-order valence-corrected chi connectivity index (χ4v) is 0.913. The molecule has 1 N–H and O–H groups in total. The fourth-order valence-electron chi connectivity index (χ4n) is 0.913. The van der Waals surface area contributed by atoms with Crippen molar-refractivity contribution in [2.45, 2.75) is 33.1 Å². The van der Waals surface area contributed by atoms with Crippen LogP contribution in [0.5, 0.6) is 0 Å². The van der Waals surface area contributed by atoms with Crippen molar-refractivity contribution < 1.29 is 4.52 Å². The van der Waals surface area contributed by atoms with E-state index in [1.54, 1.807) is 0 Å². The molecule has 68 valence electrons. The van der Waals surface area contributed by atoms with Crippen LogP contribution in [0.3, 0.4) is 0 Å². The minimum absolute atomic E-state index is 0.531. The van der Waals surface area contributed by atoms with Crippen molar-refractivity contribution in [3.63, 3.8) is 0 Å². The SMILES string of the molecule is CCCCc1noc(NCC)n1. The first-order chi connectivity index (χ1) is 5.86. The summed E-state index contributed by atoms with van der Waals surface area (Å²) in [4.78, 5) is 4.15. The van der Waals surface area contributed by atoms with Crippen LogP contribution in [0.2, 0.25) is 0 Å². The average molecular weight is 169 g/mol. The Morgan fingerprint density at radius 2 is 2.25 bits per heavy atom. The third-order valence-corrected chi connectivity index (χ3v) is 1.55. The first-order valence-electron chi connectivity index (χ1n) is 4.43. The van der Waals surface area contributed by atoms with E-state index in [-0.39, 0.29) is 0 Å². The number of rotatable bonds is 5. The van der Waals surface area contributed by atoms with Gasteiger partial charge in [0.05, 0.1) is 0 Å². The zero-order valence-electron chi connectivity index (χ0n) is 7.63. The molecule has 0 aliphatic rings. The van der Waals surface area contributed by atoms with Crippen molar-refractivity contribution >= 4 is 6.01 Å². The molecule has 4 heteroatoms. The maximum Gasteiger partial charge on any atom is 0.321 e. The summed E-state index contributed by atoms with van der Waals surface area (Å²) in [7, 11) is 0. The number of aryl methyl sites for hydroxylation is 1. The van der Waals surface area contributed by atoms with E-state index < -0.39 is 0 Å². The second-order valence-electron chi connectivity index (χ2n) is 2.65. The first kappa shape index (κ1) is 9.03. The van der Waals surface area contributed by atoms with Crippen molar-refractivity contribution in [3.8, 4) is 0 Å². The van der Waals surface area contributed by atoms with E-state index in [4.69, 9.17) is 4.52 Å². The Morgan fingerprint density at radius 3 is 2.92 bits per heavy atom.